The van der Waals surface area contributed by atoms with E-state index in [1.54, 1.807) is 12.9 Å². The Kier molecular flexibility index (Phi) is 40.2. The van der Waals surface area contributed by atoms with Gasteiger partial charge < -0.3 is 0 Å². The van der Waals surface area contributed by atoms with Gasteiger partial charge in [0.25, 0.3) is 0 Å². The molecule has 135 valence electrons. The van der Waals surface area contributed by atoms with Crippen LogP contribution in [0.2, 0.25) is 0 Å². The molecule has 0 unspecified atom stereocenters. The van der Waals surface area contributed by atoms with Crippen LogP contribution in [0.4, 0.5) is 4.70 Å². The van der Waals surface area contributed by atoms with Crippen molar-refractivity contribution < 1.29 is 167 Å². The third-order valence-electron chi connectivity index (χ3n) is 2.92. The van der Waals surface area contributed by atoms with Crippen molar-refractivity contribution in [3.63, 3.8) is 0 Å². The van der Waals surface area contributed by atoms with Gasteiger partial charge in [-0.05, 0) is 0 Å². The molecule has 0 heterocycles. The molecule has 1 rings (SSSR count). The zero-order chi connectivity index (χ0) is 15.5. The molecular formula is C18H19FOW3Y3-4. The summed E-state index contributed by atoms with van der Waals surface area (Å²) < 4.78 is 12.0. The summed E-state index contributed by atoms with van der Waals surface area (Å²) in [5, 5.41) is 0. The fourth-order valence-corrected chi connectivity index (χ4v) is 2.62. The number of hydrogen-bond donors (Lipinski definition) is 0. The third-order valence-corrected chi connectivity index (χ3v) is 4.97. The number of rotatable bonds is 9. The minimum atomic E-state index is 0. The first-order valence-electron chi connectivity index (χ1n) is 6.67. The monoisotopic (exact) mass is 1090 g/mol. The molecule has 0 saturated carbocycles. The zero-order valence-corrected chi connectivity index (χ0v) is 32.1. The second kappa shape index (κ2) is 26.3. The van der Waals surface area contributed by atoms with Crippen LogP contribution in [-0.4, -0.2) is 8.80 Å². The standard InChI is InChI=1S/C18H18O.FH.3W.3Y/c1-15(2)17(4)14-19-13-16(3)9-8-12-18-10-6-5-7-11-18;;;;;;;/h5-7,10-14H,8-9H2,1,4H3;1H;;;;;;/q-4;;;;;;;/b16-13-,17-15?;;;;;;;. The molecular weight excluding hydrogens is 1070 g/mol. The Hall–Kier alpha value is 3.29. The zero-order valence-electron chi connectivity index (χ0n) is 14.8. The van der Waals surface area contributed by atoms with E-state index in [9.17, 15) is 0 Å². The molecule has 1 nitrogen and oxygen atoms in total. The number of hydrogen-bond acceptors (Lipinski definition) is 1. The molecule has 0 N–H and O–H groups in total. The van der Waals surface area contributed by atoms with Gasteiger partial charge >= 0.3 is 151 Å². The quantitative estimate of drug-likeness (QED) is 0.269. The van der Waals surface area contributed by atoms with Crippen molar-refractivity contribution in [3.8, 4) is 0 Å². The first-order valence-corrected chi connectivity index (χ1v) is 9.60. The Labute approximate surface area is 269 Å². The second-order valence-corrected chi connectivity index (χ2v) is 6.03. The second-order valence-electron chi connectivity index (χ2n) is 4.56. The molecule has 1 aromatic rings. The topological polar surface area (TPSA) is 9.23 Å². The summed E-state index contributed by atoms with van der Waals surface area (Å²) >= 11 is 2.66. The molecule has 0 saturated heterocycles. The maximum atomic E-state index is 5.54. The molecule has 0 aromatic heterocycles. The number of ether oxygens (including phenoxy) is 1. The van der Waals surface area contributed by atoms with Crippen molar-refractivity contribution in [1.29, 1.82) is 0 Å². The van der Waals surface area contributed by atoms with Gasteiger partial charge in [-0.3, -0.25) is 4.70 Å². The van der Waals surface area contributed by atoms with Crippen LogP contribution < -0.4 is 0 Å². The summed E-state index contributed by atoms with van der Waals surface area (Å²) in [4.78, 5) is 0. The molecule has 0 spiro atoms. The molecule has 0 aliphatic heterocycles. The van der Waals surface area contributed by atoms with Gasteiger partial charge in [-0.25, -0.2) is 0 Å². The smallest absolute Gasteiger partial charge is 0 e. The Morgan fingerprint density at radius 2 is 1.65 bits per heavy atom. The summed E-state index contributed by atoms with van der Waals surface area (Å²) in [6, 6.07) is 10.4. The summed E-state index contributed by atoms with van der Waals surface area (Å²) in [7, 11) is 0. The van der Waals surface area contributed by atoms with Crippen molar-refractivity contribution in [2.45, 2.75) is 26.7 Å². The minimum absolute atomic E-state index is 0. The van der Waals surface area contributed by atoms with E-state index in [1.165, 1.54) is 44.3 Å². The Morgan fingerprint density at radius 1 is 1.08 bits per heavy atom. The van der Waals surface area contributed by atoms with Crippen LogP contribution in [0.25, 0.3) is 0 Å². The number of halogens is 1. The van der Waals surface area contributed by atoms with Crippen LogP contribution in [0.15, 0.2) is 53.3 Å². The van der Waals surface area contributed by atoms with E-state index in [2.05, 4.69) is 39.5 Å². The fraction of sp³-hybridized carbons (Fsp3) is 0.222. The maximum Gasteiger partial charge on any atom is 0 e. The Balaban J connectivity index is -0.000000294. The van der Waals surface area contributed by atoms with Gasteiger partial charge in [0.05, 0.1) is 0 Å². The van der Waals surface area contributed by atoms with Gasteiger partial charge in [0.15, 0.2) is 0 Å². The molecule has 0 aliphatic rings. The van der Waals surface area contributed by atoms with Crippen LogP contribution in [0, 0.1) is 13.0 Å². The summed E-state index contributed by atoms with van der Waals surface area (Å²) in [6.07, 6.45) is 5.98. The van der Waals surface area contributed by atoms with Crippen LogP contribution in [0.1, 0.15) is 32.3 Å². The van der Waals surface area contributed by atoms with Gasteiger partial charge in [0, 0.05) is 119 Å². The van der Waals surface area contributed by atoms with Crippen LogP contribution in [0.3, 0.4) is 0 Å². The van der Waals surface area contributed by atoms with Crippen molar-refractivity contribution in [1.82, 2.24) is 0 Å². The summed E-state index contributed by atoms with van der Waals surface area (Å²) in [6.45, 7) is 5.86. The van der Waals surface area contributed by atoms with Crippen LogP contribution in [0.5, 0.6) is 0 Å². The van der Waals surface area contributed by atoms with Gasteiger partial charge in [0.2, 0.25) is 0 Å². The number of allylic oxidation sites excluding steroid dienone is 2. The first-order chi connectivity index (χ1) is 10.2. The van der Waals surface area contributed by atoms with Crippen LogP contribution in [-0.2, 0) is 163 Å². The largest absolute Gasteiger partial charge is 0.269 e. The van der Waals surface area contributed by atoms with Crippen LogP contribution >= 0.6 is 0 Å². The number of benzene rings is 1. The van der Waals surface area contributed by atoms with Gasteiger partial charge in [-0.2, -0.15) is 0 Å². The molecule has 1 aromatic carbocycles. The Morgan fingerprint density at radius 3 is 2.15 bits per heavy atom. The Bertz CT molecular complexity index is 538. The van der Waals surface area contributed by atoms with E-state index in [1.807, 2.05) is 19.9 Å². The predicted molar refractivity (Wildman–Crippen MR) is 83.4 cm³/mol. The van der Waals surface area contributed by atoms with Gasteiger partial charge in [-0.15, -0.1) is 0 Å². The van der Waals surface area contributed by atoms with E-state index in [4.69, 9.17) is 4.74 Å². The molecule has 0 bridgehead atoms. The molecule has 26 heavy (non-hydrogen) atoms. The van der Waals surface area contributed by atoms with Crippen molar-refractivity contribution in [2.75, 3.05) is 0 Å². The molecule has 0 fully saturated rings. The third kappa shape index (κ3) is 19.3. The normalized spacial score (nSPS) is 9.85. The van der Waals surface area contributed by atoms with Gasteiger partial charge in [-0.1, -0.05) is 0 Å². The van der Waals surface area contributed by atoms with E-state index in [0.29, 0.717) is 0 Å². The molecule has 8 heteroatoms. The molecule has 0 atom stereocenters. The maximum absolute atomic E-state index is 5.54. The SMILES string of the molecule is CC([C-]=[W])=C(C)[CH-]O/C=C(/[C-]=[W])CC[CH-]c1ccccc1.F.[W].[Y].[Y].[Y]. The predicted octanol–water partition coefficient (Wildman–Crippen LogP) is 4.01. The average Bonchev–Trinajstić information content (AvgIpc) is 2.53. The van der Waals surface area contributed by atoms with Gasteiger partial charge in [0.1, 0.15) is 0 Å². The van der Waals surface area contributed by atoms with E-state index in [0.717, 1.165) is 29.6 Å². The van der Waals surface area contributed by atoms with Crippen molar-refractivity contribution in [2.24, 2.45) is 0 Å². The average molecular weight is 1090 g/mol. The minimum Gasteiger partial charge on any atom is -0.269 e. The van der Waals surface area contributed by atoms with Crippen molar-refractivity contribution in [3.05, 3.63) is 71.9 Å². The van der Waals surface area contributed by atoms with E-state index < -0.39 is 0 Å². The first kappa shape index (κ1) is 39.7. The molecule has 0 aliphatic carbocycles. The molecule has 3 radical (unpaired) electrons. The summed E-state index contributed by atoms with van der Waals surface area (Å²) in [5.41, 5.74) is 4.64. The fourth-order valence-electron chi connectivity index (χ4n) is 1.50. The van der Waals surface area contributed by atoms with Crippen molar-refractivity contribution >= 4 is 8.80 Å². The van der Waals surface area contributed by atoms with E-state index in [-0.39, 0.29) is 124 Å². The molecule has 0 amide bonds. The summed E-state index contributed by atoms with van der Waals surface area (Å²) in [5.74, 6) is 0. The van der Waals surface area contributed by atoms with E-state index >= 15 is 0 Å².